The fraction of sp³-hybridized carbons (Fsp3) is 0.641. The molecule has 260 valence electrons. The second-order valence-electron chi connectivity index (χ2n) is 16.9. The number of benzene rings is 2. The molecule has 8 heteroatoms. The molecule has 1 heterocycles. The maximum absolute atomic E-state index is 12.8. The SMILES string of the molecule is COc1ccc(COC[C@@H]2[C@@H]3C[C@@](O)(C=C[Si](C)(C)c4ccccc4)[C@@H](C[C@H]3O[Si](C)(C)C(C)(C)C)[C@@H]2[C@H]2OC(C)(C)O[C@@H]2C)cc1. The number of ether oxygens (including phenoxy) is 4. The van der Waals surface area contributed by atoms with Crippen LogP contribution in [0.1, 0.15) is 59.9 Å². The van der Waals surface area contributed by atoms with Crippen molar-refractivity contribution >= 4 is 21.6 Å². The van der Waals surface area contributed by atoms with Gasteiger partial charge in [-0.1, -0.05) is 93.3 Å². The lowest BCUT2D eigenvalue weighted by Gasteiger charge is -2.61. The van der Waals surface area contributed by atoms with E-state index in [4.69, 9.17) is 23.4 Å². The molecule has 2 aromatic rings. The van der Waals surface area contributed by atoms with Crippen molar-refractivity contribution in [2.45, 2.75) is 122 Å². The number of rotatable bonds is 11. The molecule has 0 radical (unpaired) electrons. The molecule has 0 aromatic heterocycles. The summed E-state index contributed by atoms with van der Waals surface area (Å²) < 4.78 is 32.3. The molecule has 3 aliphatic carbocycles. The molecule has 47 heavy (non-hydrogen) atoms. The summed E-state index contributed by atoms with van der Waals surface area (Å²) in [4.78, 5) is 0. The first-order valence-electron chi connectivity index (χ1n) is 17.6. The highest BCUT2D eigenvalue weighted by molar-refractivity contribution is 6.93. The first-order chi connectivity index (χ1) is 21.9. The van der Waals surface area contributed by atoms with Crippen LogP contribution in [-0.4, -0.2) is 64.9 Å². The Hall–Kier alpha value is -1.79. The molecule has 1 aliphatic heterocycles. The summed E-state index contributed by atoms with van der Waals surface area (Å²) in [7, 11) is -2.34. The van der Waals surface area contributed by atoms with Gasteiger partial charge in [0.15, 0.2) is 14.1 Å². The molecule has 3 saturated carbocycles. The van der Waals surface area contributed by atoms with Crippen LogP contribution in [0.5, 0.6) is 5.75 Å². The molecular weight excluding hydrogens is 621 g/mol. The second kappa shape index (κ2) is 13.5. The molecule has 6 rings (SSSR count). The second-order valence-corrected chi connectivity index (χ2v) is 26.1. The van der Waals surface area contributed by atoms with Gasteiger partial charge >= 0.3 is 0 Å². The van der Waals surface area contributed by atoms with Gasteiger partial charge in [-0.15, -0.1) is 0 Å². The Bertz CT molecular complexity index is 1370. The van der Waals surface area contributed by atoms with E-state index in [9.17, 15) is 5.11 Å². The van der Waals surface area contributed by atoms with E-state index in [1.807, 2.05) is 26.0 Å². The Morgan fingerprint density at radius 1 is 0.979 bits per heavy atom. The highest BCUT2D eigenvalue weighted by Crippen LogP contribution is 2.59. The number of hydrogen-bond donors (Lipinski definition) is 1. The largest absolute Gasteiger partial charge is 0.497 e. The molecule has 8 atom stereocenters. The van der Waals surface area contributed by atoms with Crippen LogP contribution in [0, 0.1) is 23.7 Å². The van der Waals surface area contributed by atoms with Crippen LogP contribution in [0.2, 0.25) is 31.2 Å². The van der Waals surface area contributed by atoms with Gasteiger partial charge in [0.25, 0.3) is 0 Å². The van der Waals surface area contributed by atoms with Gasteiger partial charge in [0.05, 0.1) is 38.1 Å². The molecule has 2 aromatic carbocycles. The fourth-order valence-corrected chi connectivity index (χ4v) is 11.4. The first kappa shape index (κ1) is 36.5. The Kier molecular flexibility index (Phi) is 10.5. The summed E-state index contributed by atoms with van der Waals surface area (Å²) in [5, 5.41) is 14.3. The molecule has 1 saturated heterocycles. The van der Waals surface area contributed by atoms with Gasteiger partial charge in [-0.3, -0.25) is 0 Å². The number of aliphatic hydroxyl groups is 1. The smallest absolute Gasteiger partial charge is 0.192 e. The van der Waals surface area contributed by atoms with Crippen molar-refractivity contribution in [1.82, 2.24) is 0 Å². The molecule has 6 nitrogen and oxygen atoms in total. The van der Waals surface area contributed by atoms with Crippen molar-refractivity contribution in [1.29, 1.82) is 0 Å². The fourth-order valence-electron chi connectivity index (χ4n) is 8.09. The van der Waals surface area contributed by atoms with Crippen LogP contribution in [-0.2, 0) is 25.2 Å². The van der Waals surface area contributed by atoms with Crippen molar-refractivity contribution in [3.8, 4) is 5.75 Å². The van der Waals surface area contributed by atoms with E-state index in [2.05, 4.69) is 108 Å². The molecular formula is C39H60O6Si2. The number of hydrogen-bond acceptors (Lipinski definition) is 6. The quantitative estimate of drug-likeness (QED) is 0.244. The summed E-state index contributed by atoms with van der Waals surface area (Å²) in [6.07, 6.45) is 3.45. The molecule has 0 spiro atoms. The van der Waals surface area contributed by atoms with Crippen LogP contribution >= 0.6 is 0 Å². The molecule has 4 fully saturated rings. The third-order valence-corrected chi connectivity index (χ3v) is 19.0. The maximum Gasteiger partial charge on any atom is 0.192 e. The third kappa shape index (κ3) is 7.85. The molecule has 0 amide bonds. The Balaban J connectivity index is 1.50. The summed E-state index contributed by atoms with van der Waals surface area (Å²) in [6.45, 7) is 23.6. The van der Waals surface area contributed by atoms with E-state index in [-0.39, 0.29) is 47.0 Å². The van der Waals surface area contributed by atoms with E-state index in [0.29, 0.717) is 19.6 Å². The average molecular weight is 681 g/mol. The van der Waals surface area contributed by atoms with Gasteiger partial charge < -0.3 is 28.5 Å². The number of fused-ring (bicyclic) bond motifs is 3. The van der Waals surface area contributed by atoms with Crippen LogP contribution in [0.4, 0.5) is 0 Å². The van der Waals surface area contributed by atoms with E-state index < -0.39 is 27.8 Å². The van der Waals surface area contributed by atoms with E-state index >= 15 is 0 Å². The Morgan fingerprint density at radius 2 is 1.64 bits per heavy atom. The normalized spacial score (nSPS) is 32.6. The van der Waals surface area contributed by atoms with Gasteiger partial charge in [-0.25, -0.2) is 0 Å². The van der Waals surface area contributed by atoms with Gasteiger partial charge in [-0.2, -0.15) is 0 Å². The van der Waals surface area contributed by atoms with Crippen molar-refractivity contribution in [3.63, 3.8) is 0 Å². The van der Waals surface area contributed by atoms with Gasteiger partial charge in [-0.05, 0) is 93.1 Å². The summed E-state index contributed by atoms with van der Waals surface area (Å²) in [5.74, 6) is 0.424. The predicted octanol–water partition coefficient (Wildman–Crippen LogP) is 7.86. The molecule has 4 aliphatic rings. The van der Waals surface area contributed by atoms with Crippen molar-refractivity contribution in [2.24, 2.45) is 23.7 Å². The molecule has 0 unspecified atom stereocenters. The van der Waals surface area contributed by atoms with Gasteiger partial charge in [0, 0.05) is 6.10 Å². The predicted molar refractivity (Wildman–Crippen MR) is 195 cm³/mol. The summed E-state index contributed by atoms with van der Waals surface area (Å²) in [5.41, 5.74) is 2.50. The Labute approximate surface area is 286 Å². The van der Waals surface area contributed by atoms with Gasteiger partial charge in [0.1, 0.15) is 13.8 Å². The lowest BCUT2D eigenvalue weighted by Crippen LogP contribution is -2.65. The third-order valence-electron chi connectivity index (χ3n) is 11.7. The van der Waals surface area contributed by atoms with Crippen molar-refractivity contribution in [3.05, 3.63) is 71.9 Å². The van der Waals surface area contributed by atoms with E-state index in [0.717, 1.165) is 17.7 Å². The maximum atomic E-state index is 12.8. The Morgan fingerprint density at radius 3 is 2.21 bits per heavy atom. The summed E-state index contributed by atoms with van der Waals surface area (Å²) in [6, 6.07) is 18.8. The van der Waals surface area contributed by atoms with Gasteiger partial charge in [0.2, 0.25) is 0 Å². The zero-order valence-corrected chi connectivity index (χ0v) is 32.7. The average Bonchev–Trinajstić information content (AvgIpc) is 3.28. The van der Waals surface area contributed by atoms with Crippen LogP contribution < -0.4 is 9.92 Å². The van der Waals surface area contributed by atoms with Crippen LogP contribution in [0.15, 0.2) is 66.4 Å². The minimum Gasteiger partial charge on any atom is -0.497 e. The van der Waals surface area contributed by atoms with E-state index in [1.54, 1.807) is 7.11 Å². The van der Waals surface area contributed by atoms with Crippen molar-refractivity contribution < 1.29 is 28.5 Å². The highest BCUT2D eigenvalue weighted by atomic mass is 28.4. The zero-order valence-electron chi connectivity index (χ0n) is 30.7. The van der Waals surface area contributed by atoms with Crippen molar-refractivity contribution in [2.75, 3.05) is 13.7 Å². The number of methoxy groups -OCH3 is 1. The monoisotopic (exact) mass is 680 g/mol. The highest BCUT2D eigenvalue weighted by Gasteiger charge is 2.63. The van der Waals surface area contributed by atoms with E-state index in [1.165, 1.54) is 5.19 Å². The molecule has 2 bridgehead atoms. The minimum atomic E-state index is -2.08. The first-order valence-corrected chi connectivity index (χ1v) is 23.6. The zero-order chi connectivity index (χ0) is 34.4. The molecule has 1 N–H and O–H groups in total. The summed E-state index contributed by atoms with van der Waals surface area (Å²) >= 11 is 0. The van der Waals surface area contributed by atoms with Crippen LogP contribution in [0.3, 0.4) is 0 Å². The standard InChI is InChI=1S/C39H60O6Si2/c1-27-36(44-38(5,6)43-27)35-32(26-42-25-28-17-19-29(41-7)20-18-28)31-24-39(40,21-22-46(8,9)30-15-13-12-14-16-30)33(35)23-34(31)45-47(10,11)37(2,3)4/h12-22,27,31-36,40H,23-26H2,1-11H3/t27-,31+,32-,33+,34-,35-,36+,39+/m1/s1. The lowest BCUT2D eigenvalue weighted by atomic mass is 9.50. The van der Waals surface area contributed by atoms with Crippen LogP contribution in [0.25, 0.3) is 0 Å². The lowest BCUT2D eigenvalue weighted by molar-refractivity contribution is -0.215. The minimum absolute atomic E-state index is 0.0526. The topological polar surface area (TPSA) is 66.4 Å².